The Balaban J connectivity index is 0.000000196. The minimum Gasteiger partial charge on any atom is -0.379 e. The number of likely N-dealkylation sites (tertiary alicyclic amines) is 2. The molecule has 4 aromatic carbocycles. The van der Waals surface area contributed by atoms with E-state index in [1.54, 1.807) is 52.8 Å². The molecular formula is C60H95N7O9S4. The van der Waals surface area contributed by atoms with E-state index in [1.807, 2.05) is 48.5 Å². The van der Waals surface area contributed by atoms with E-state index in [4.69, 9.17) is 4.74 Å². The number of nitrogens with zero attached hydrogens (tertiary/aromatic N) is 5. The second-order valence-corrected chi connectivity index (χ2v) is 30.3. The Morgan fingerprint density at radius 3 is 1.02 bits per heavy atom. The van der Waals surface area contributed by atoms with Crippen LogP contribution in [-0.2, 0) is 44.8 Å². The van der Waals surface area contributed by atoms with Crippen molar-refractivity contribution < 1.29 is 38.4 Å². The maximum Gasteiger partial charge on any atom is 0.243 e. The van der Waals surface area contributed by atoms with E-state index in [2.05, 4.69) is 107 Å². The molecule has 4 aromatic rings. The standard InChI is InChI=1S/C17H28N2O2S.2C15H24N2O2S.C13H19NO3S/c1-13(2)15-5-7-17(8-6-15)22(20,21)18-16-9-11-19(12-10-16)14(3)4;1-12(2)13-4-6-15(7-5-13)20(18,19)16-14-8-10-17(3)11-9-14;1-4-16-9-11-17(12-10-16)20(18,19)15-7-5-14(6-8-15)13(2)3;1-11(2)12-3-5-13(6-4-12)18(15,16)14-7-9-17-10-8-14/h5-8,13-14,16,18H,9-12H2,1-4H3;4-7,12,14,16H,8-11H2,1-3H3;5-8,13H,4,9-12H2,1-3H3;3-6,11H,7-10H2,1-2H3. The largest absolute Gasteiger partial charge is 0.379 e. The summed E-state index contributed by atoms with van der Waals surface area (Å²) in [4.78, 5) is 8.39. The lowest BCUT2D eigenvalue weighted by atomic mass is 10.0. The topological polar surface area (TPSA) is 186 Å². The van der Waals surface area contributed by atoms with E-state index in [0.29, 0.717) is 88.7 Å². The second kappa shape index (κ2) is 30.8. The van der Waals surface area contributed by atoms with Crippen molar-refractivity contribution in [3.63, 3.8) is 0 Å². The van der Waals surface area contributed by atoms with Crippen molar-refractivity contribution in [3.8, 4) is 0 Å². The number of piperazine rings is 1. The summed E-state index contributed by atoms with van der Waals surface area (Å²) in [7, 11) is -11.4. The van der Waals surface area contributed by atoms with Crippen molar-refractivity contribution in [2.45, 2.75) is 163 Å². The molecule has 16 nitrogen and oxygen atoms in total. The van der Waals surface area contributed by atoms with Crippen LogP contribution in [0.4, 0.5) is 0 Å². The lowest BCUT2D eigenvalue weighted by molar-refractivity contribution is 0.0730. The molecule has 0 aliphatic carbocycles. The van der Waals surface area contributed by atoms with Gasteiger partial charge in [-0.1, -0.05) is 111 Å². The molecule has 20 heteroatoms. The van der Waals surface area contributed by atoms with Gasteiger partial charge in [0.15, 0.2) is 0 Å². The summed E-state index contributed by atoms with van der Waals surface area (Å²) in [5.41, 5.74) is 4.63. The number of ether oxygens (including phenoxy) is 1. The number of hydrogen-bond donors (Lipinski definition) is 2. The molecule has 8 rings (SSSR count). The van der Waals surface area contributed by atoms with Gasteiger partial charge in [0.2, 0.25) is 40.1 Å². The van der Waals surface area contributed by atoms with Crippen LogP contribution in [0.15, 0.2) is 117 Å². The third-order valence-electron chi connectivity index (χ3n) is 15.5. The molecule has 448 valence electrons. The summed E-state index contributed by atoms with van der Waals surface area (Å²) in [6, 6.07) is 29.5. The van der Waals surface area contributed by atoms with E-state index in [-0.39, 0.29) is 12.1 Å². The molecule has 2 N–H and O–H groups in total. The molecule has 0 unspecified atom stereocenters. The van der Waals surface area contributed by atoms with Gasteiger partial charge in [-0.25, -0.2) is 43.1 Å². The first kappa shape index (κ1) is 67.2. The molecule has 4 aliphatic heterocycles. The second-order valence-electron chi connectivity index (χ2n) is 23.0. The lowest BCUT2D eigenvalue weighted by Gasteiger charge is -2.34. The van der Waals surface area contributed by atoms with Crippen LogP contribution in [0, 0.1) is 0 Å². The minimum atomic E-state index is -3.41. The first-order chi connectivity index (χ1) is 37.6. The van der Waals surface area contributed by atoms with Crippen LogP contribution in [0.2, 0.25) is 0 Å². The average molecular weight is 1190 g/mol. The van der Waals surface area contributed by atoms with Gasteiger partial charge < -0.3 is 19.4 Å². The highest BCUT2D eigenvalue weighted by molar-refractivity contribution is 7.90. The summed E-state index contributed by atoms with van der Waals surface area (Å²) in [6.45, 7) is 32.7. The molecular weight excluding hydrogens is 1090 g/mol. The first-order valence-corrected chi connectivity index (χ1v) is 34.7. The fourth-order valence-corrected chi connectivity index (χ4v) is 15.2. The van der Waals surface area contributed by atoms with Gasteiger partial charge in [-0.3, -0.25) is 0 Å². The quantitative estimate of drug-likeness (QED) is 0.109. The summed E-state index contributed by atoms with van der Waals surface area (Å²) < 4.78 is 113. The van der Waals surface area contributed by atoms with Gasteiger partial charge in [0, 0.05) is 57.4 Å². The summed E-state index contributed by atoms with van der Waals surface area (Å²) in [5, 5.41) is 0. The Bertz CT molecular complexity index is 2930. The fraction of sp³-hybridized carbons (Fsp3) is 0.600. The molecule has 0 bridgehead atoms. The molecule has 4 fully saturated rings. The van der Waals surface area contributed by atoms with Crippen molar-refractivity contribution in [1.82, 2.24) is 32.8 Å². The zero-order valence-corrected chi connectivity index (χ0v) is 53.1. The molecule has 80 heavy (non-hydrogen) atoms. The molecule has 4 aliphatic rings. The van der Waals surface area contributed by atoms with Crippen LogP contribution in [0.5, 0.6) is 0 Å². The zero-order chi connectivity index (χ0) is 59.0. The van der Waals surface area contributed by atoms with Crippen LogP contribution in [0.25, 0.3) is 0 Å². The van der Waals surface area contributed by atoms with Gasteiger partial charge in [0.25, 0.3) is 0 Å². The molecule has 4 heterocycles. The van der Waals surface area contributed by atoms with Gasteiger partial charge >= 0.3 is 0 Å². The Morgan fingerprint density at radius 2 is 0.725 bits per heavy atom. The van der Waals surface area contributed by atoms with E-state index < -0.39 is 40.1 Å². The van der Waals surface area contributed by atoms with Crippen LogP contribution < -0.4 is 9.44 Å². The smallest absolute Gasteiger partial charge is 0.243 e. The maximum atomic E-state index is 12.6. The van der Waals surface area contributed by atoms with Gasteiger partial charge in [-0.2, -0.15) is 8.61 Å². The molecule has 0 amide bonds. The van der Waals surface area contributed by atoms with Crippen molar-refractivity contribution >= 4 is 40.1 Å². The molecule has 0 spiro atoms. The predicted molar refractivity (Wildman–Crippen MR) is 323 cm³/mol. The van der Waals surface area contributed by atoms with Gasteiger partial charge in [-0.05, 0) is 174 Å². The lowest BCUT2D eigenvalue weighted by Crippen LogP contribution is -2.48. The van der Waals surface area contributed by atoms with Crippen LogP contribution >= 0.6 is 0 Å². The van der Waals surface area contributed by atoms with E-state index in [0.717, 1.165) is 88.2 Å². The Kier molecular flexibility index (Phi) is 25.8. The van der Waals surface area contributed by atoms with Crippen molar-refractivity contribution in [2.24, 2.45) is 0 Å². The molecule has 0 radical (unpaired) electrons. The van der Waals surface area contributed by atoms with Crippen molar-refractivity contribution in [1.29, 1.82) is 0 Å². The van der Waals surface area contributed by atoms with E-state index >= 15 is 0 Å². The highest BCUT2D eigenvalue weighted by Crippen LogP contribution is 2.25. The van der Waals surface area contributed by atoms with Crippen LogP contribution in [-0.4, -0.2) is 167 Å². The number of nitrogens with one attached hydrogen (secondary N) is 2. The average Bonchev–Trinajstić information content (AvgIpc) is 3.45. The van der Waals surface area contributed by atoms with E-state index in [9.17, 15) is 33.7 Å². The van der Waals surface area contributed by atoms with Crippen LogP contribution in [0.1, 0.15) is 148 Å². The zero-order valence-electron chi connectivity index (χ0n) is 49.8. The first-order valence-electron chi connectivity index (χ1n) is 28.8. The predicted octanol–water partition coefficient (Wildman–Crippen LogP) is 9.11. The Hall–Kier alpha value is -3.64. The Labute approximate surface area is 483 Å². The van der Waals surface area contributed by atoms with Gasteiger partial charge in [-0.15, -0.1) is 0 Å². The van der Waals surface area contributed by atoms with Crippen LogP contribution in [0.3, 0.4) is 0 Å². The number of rotatable bonds is 16. The fourth-order valence-electron chi connectivity index (χ4n) is 9.72. The minimum absolute atomic E-state index is 0.0461. The van der Waals surface area contributed by atoms with Gasteiger partial charge in [0.05, 0.1) is 32.8 Å². The highest BCUT2D eigenvalue weighted by Gasteiger charge is 2.30. The molecule has 0 saturated carbocycles. The summed E-state index contributed by atoms with van der Waals surface area (Å²) in [5.74, 6) is 1.64. The Morgan fingerprint density at radius 1 is 0.425 bits per heavy atom. The van der Waals surface area contributed by atoms with Gasteiger partial charge in [0.1, 0.15) is 0 Å². The summed E-state index contributed by atoms with van der Waals surface area (Å²) in [6.07, 6.45) is 3.50. The number of likely N-dealkylation sites (N-methyl/N-ethyl adjacent to an activating group) is 1. The number of benzene rings is 4. The third kappa shape index (κ3) is 19.7. The highest BCUT2D eigenvalue weighted by atomic mass is 32.2. The molecule has 4 saturated heterocycles. The maximum absolute atomic E-state index is 12.6. The summed E-state index contributed by atoms with van der Waals surface area (Å²) >= 11 is 0. The SMILES string of the molecule is CC(C)c1ccc(S(=O)(=O)N2CCOCC2)cc1.CC(C)c1ccc(S(=O)(=O)NC2CCN(C(C)C)CC2)cc1.CC(C)c1ccc(S(=O)(=O)NC2CCN(C)CC2)cc1.CCN1CCN(S(=O)(=O)c2ccc(C(C)C)cc2)CC1. The molecule has 0 atom stereocenters. The monoisotopic (exact) mass is 1190 g/mol. The molecule has 0 aromatic heterocycles. The number of morpholine rings is 1. The normalized spacial score (nSPS) is 18.4. The van der Waals surface area contributed by atoms with Crippen molar-refractivity contribution in [3.05, 3.63) is 119 Å². The van der Waals surface area contributed by atoms with Crippen molar-refractivity contribution in [2.75, 3.05) is 92.3 Å². The third-order valence-corrected chi connectivity index (χ3v) is 22.4. The number of hydrogen-bond acceptors (Lipinski definition) is 12. The number of piperidine rings is 2. The van der Waals surface area contributed by atoms with E-state index in [1.165, 1.54) is 9.87 Å². The number of sulfonamides is 4.